The second-order valence-corrected chi connectivity index (χ2v) is 7.71. The van der Waals surface area contributed by atoms with E-state index in [1.807, 2.05) is 0 Å². The summed E-state index contributed by atoms with van der Waals surface area (Å²) < 4.78 is 0. The molecule has 0 aliphatic heterocycles. The highest BCUT2D eigenvalue weighted by Gasteiger charge is 2.26. The molecule has 0 fully saturated rings. The van der Waals surface area contributed by atoms with E-state index in [4.69, 9.17) is 5.11 Å². The number of aliphatic carboxylic acids is 1. The number of anilines is 1. The summed E-state index contributed by atoms with van der Waals surface area (Å²) in [5.41, 5.74) is 2.00. The van der Waals surface area contributed by atoms with Gasteiger partial charge in [-0.1, -0.05) is 20.8 Å². The van der Waals surface area contributed by atoms with Crippen LogP contribution in [0.4, 0.5) is 5.00 Å². The Balaban J connectivity index is 2.34. The van der Waals surface area contributed by atoms with Gasteiger partial charge in [-0.25, -0.2) is 0 Å². The monoisotopic (exact) mass is 320 g/mol. The fourth-order valence-electron chi connectivity index (χ4n) is 3.02. The summed E-state index contributed by atoms with van der Waals surface area (Å²) in [6, 6.07) is 2.38. The lowest BCUT2D eigenvalue weighted by atomic mass is 9.88. The first-order valence-corrected chi connectivity index (χ1v) is 8.75. The third-order valence-corrected chi connectivity index (χ3v) is 5.39. The predicted molar refractivity (Wildman–Crippen MR) is 89.5 cm³/mol. The zero-order chi connectivity index (χ0) is 16.3. The van der Waals surface area contributed by atoms with E-state index in [-0.39, 0.29) is 6.42 Å². The van der Waals surface area contributed by atoms with Crippen molar-refractivity contribution in [3.63, 3.8) is 0 Å². The molecular weight excluding hydrogens is 296 g/mol. The zero-order valence-corrected chi connectivity index (χ0v) is 14.4. The van der Waals surface area contributed by atoms with Gasteiger partial charge in [0.05, 0.1) is 12.0 Å². The molecule has 4 nitrogen and oxygen atoms in total. The van der Waals surface area contributed by atoms with Crippen LogP contribution in [-0.2, 0) is 17.6 Å². The molecule has 0 amide bonds. The summed E-state index contributed by atoms with van der Waals surface area (Å²) >= 11 is 1.70. The van der Waals surface area contributed by atoms with Crippen molar-refractivity contribution >= 4 is 22.3 Å². The zero-order valence-electron chi connectivity index (χ0n) is 13.6. The molecule has 0 saturated carbocycles. The first-order chi connectivity index (χ1) is 10.4. The van der Waals surface area contributed by atoms with Gasteiger partial charge in [0.1, 0.15) is 11.1 Å². The minimum atomic E-state index is -0.790. The SMILES string of the molecule is CC(C)CN(CCC(=O)O)c1sc2c(c1C#N)CCC(C)C2. The Bertz CT molecular complexity index is 586. The number of carboxylic acid groups (broad SMARTS) is 1. The van der Waals surface area contributed by atoms with Crippen LogP contribution in [0.3, 0.4) is 0 Å². The van der Waals surface area contributed by atoms with Crippen LogP contribution in [0.1, 0.15) is 49.6 Å². The van der Waals surface area contributed by atoms with Crippen molar-refractivity contribution in [3.8, 4) is 6.07 Å². The van der Waals surface area contributed by atoms with Crippen LogP contribution in [-0.4, -0.2) is 24.2 Å². The molecule has 1 aromatic rings. The second-order valence-electron chi connectivity index (χ2n) is 6.63. The number of nitriles is 1. The Morgan fingerprint density at radius 2 is 2.27 bits per heavy atom. The average molecular weight is 320 g/mol. The summed E-state index contributed by atoms with van der Waals surface area (Å²) in [6.45, 7) is 7.75. The highest BCUT2D eigenvalue weighted by atomic mass is 32.1. The van der Waals surface area contributed by atoms with Crippen molar-refractivity contribution in [2.45, 2.75) is 46.5 Å². The molecule has 0 spiro atoms. The minimum Gasteiger partial charge on any atom is -0.481 e. The number of carbonyl (C=O) groups is 1. The van der Waals surface area contributed by atoms with Gasteiger partial charge in [-0.2, -0.15) is 5.26 Å². The number of thiophene rings is 1. The van der Waals surface area contributed by atoms with Gasteiger partial charge in [-0.3, -0.25) is 4.79 Å². The van der Waals surface area contributed by atoms with Crippen molar-refractivity contribution in [2.24, 2.45) is 11.8 Å². The van der Waals surface area contributed by atoms with E-state index in [0.29, 0.717) is 18.4 Å². The molecule has 1 aliphatic rings. The largest absolute Gasteiger partial charge is 0.481 e. The Kier molecular flexibility index (Phi) is 5.47. The summed E-state index contributed by atoms with van der Waals surface area (Å²) in [6.07, 6.45) is 3.27. The molecular formula is C17H24N2O2S. The maximum absolute atomic E-state index is 10.9. The van der Waals surface area contributed by atoms with Crippen LogP contribution in [0, 0.1) is 23.2 Å². The van der Waals surface area contributed by atoms with E-state index in [9.17, 15) is 10.1 Å². The molecule has 1 atom stereocenters. The van der Waals surface area contributed by atoms with E-state index in [1.54, 1.807) is 11.3 Å². The van der Waals surface area contributed by atoms with Crippen molar-refractivity contribution in [1.29, 1.82) is 5.26 Å². The van der Waals surface area contributed by atoms with Crippen LogP contribution >= 0.6 is 11.3 Å². The molecule has 2 rings (SSSR count). The maximum Gasteiger partial charge on any atom is 0.305 e. The standard InChI is InChI=1S/C17H24N2O2S/c1-11(2)10-19(7-6-16(20)21)17-14(9-18)13-5-4-12(3)8-15(13)22-17/h11-12H,4-8,10H2,1-3H3,(H,20,21). The van der Waals surface area contributed by atoms with E-state index >= 15 is 0 Å². The van der Waals surface area contributed by atoms with E-state index in [1.165, 1.54) is 10.4 Å². The highest BCUT2D eigenvalue weighted by molar-refractivity contribution is 7.16. The van der Waals surface area contributed by atoms with Crippen LogP contribution in [0.15, 0.2) is 0 Å². The van der Waals surface area contributed by atoms with Gasteiger partial charge in [0.15, 0.2) is 0 Å². The first-order valence-electron chi connectivity index (χ1n) is 7.93. The fourth-order valence-corrected chi connectivity index (χ4v) is 4.52. The molecule has 1 aromatic heterocycles. The number of carboxylic acids is 1. The number of fused-ring (bicyclic) bond motifs is 1. The van der Waals surface area contributed by atoms with Crippen molar-refractivity contribution < 1.29 is 9.90 Å². The van der Waals surface area contributed by atoms with Crippen LogP contribution in [0.2, 0.25) is 0 Å². The predicted octanol–water partition coefficient (Wildman–Crippen LogP) is 3.68. The van der Waals surface area contributed by atoms with Gasteiger partial charge in [0, 0.05) is 18.0 Å². The third-order valence-electron chi connectivity index (χ3n) is 4.07. The molecule has 120 valence electrons. The molecule has 5 heteroatoms. The Hall–Kier alpha value is -1.54. The second kappa shape index (κ2) is 7.15. The van der Waals surface area contributed by atoms with Crippen LogP contribution < -0.4 is 4.90 Å². The van der Waals surface area contributed by atoms with Gasteiger partial charge >= 0.3 is 5.97 Å². The Morgan fingerprint density at radius 3 is 2.86 bits per heavy atom. The van der Waals surface area contributed by atoms with Crippen molar-refractivity contribution in [3.05, 3.63) is 16.0 Å². The summed E-state index contributed by atoms with van der Waals surface area (Å²) in [7, 11) is 0. The molecule has 1 aliphatic carbocycles. The number of nitrogens with zero attached hydrogens (tertiary/aromatic N) is 2. The molecule has 1 unspecified atom stereocenters. The lowest BCUT2D eigenvalue weighted by Crippen LogP contribution is -2.29. The fraction of sp³-hybridized carbons (Fsp3) is 0.647. The quantitative estimate of drug-likeness (QED) is 0.868. The van der Waals surface area contributed by atoms with E-state index in [0.717, 1.165) is 36.4 Å². The van der Waals surface area contributed by atoms with Gasteiger partial charge in [0.25, 0.3) is 0 Å². The minimum absolute atomic E-state index is 0.108. The smallest absolute Gasteiger partial charge is 0.305 e. The van der Waals surface area contributed by atoms with Crippen LogP contribution in [0.5, 0.6) is 0 Å². The molecule has 1 N–H and O–H groups in total. The van der Waals surface area contributed by atoms with E-state index < -0.39 is 5.97 Å². The van der Waals surface area contributed by atoms with Gasteiger partial charge < -0.3 is 10.0 Å². The molecule has 22 heavy (non-hydrogen) atoms. The van der Waals surface area contributed by atoms with E-state index in [2.05, 4.69) is 31.7 Å². The topological polar surface area (TPSA) is 64.3 Å². The lowest BCUT2D eigenvalue weighted by Gasteiger charge is -2.25. The number of rotatable bonds is 6. The maximum atomic E-state index is 10.9. The molecule has 1 heterocycles. The molecule has 0 bridgehead atoms. The number of hydrogen-bond donors (Lipinski definition) is 1. The van der Waals surface area contributed by atoms with Crippen molar-refractivity contribution in [2.75, 3.05) is 18.0 Å². The van der Waals surface area contributed by atoms with Gasteiger partial charge in [-0.15, -0.1) is 11.3 Å². The lowest BCUT2D eigenvalue weighted by molar-refractivity contribution is -0.136. The van der Waals surface area contributed by atoms with Gasteiger partial charge in [0.2, 0.25) is 0 Å². The summed E-state index contributed by atoms with van der Waals surface area (Å²) in [5, 5.41) is 19.6. The third kappa shape index (κ3) is 3.80. The average Bonchev–Trinajstić information content (AvgIpc) is 2.80. The highest BCUT2D eigenvalue weighted by Crippen LogP contribution is 2.41. The summed E-state index contributed by atoms with van der Waals surface area (Å²) in [5.74, 6) is 0.309. The Labute approximate surface area is 136 Å². The molecule has 0 radical (unpaired) electrons. The van der Waals surface area contributed by atoms with Gasteiger partial charge in [-0.05, 0) is 36.7 Å². The molecule has 0 aromatic carbocycles. The first kappa shape index (κ1) is 16.8. The Morgan fingerprint density at radius 1 is 1.55 bits per heavy atom. The molecule has 0 saturated heterocycles. The number of hydrogen-bond acceptors (Lipinski definition) is 4. The van der Waals surface area contributed by atoms with Crippen LogP contribution in [0.25, 0.3) is 0 Å². The normalized spacial score (nSPS) is 17.1. The van der Waals surface area contributed by atoms with Crippen molar-refractivity contribution in [1.82, 2.24) is 0 Å². The summed E-state index contributed by atoms with van der Waals surface area (Å²) in [4.78, 5) is 14.4.